The van der Waals surface area contributed by atoms with E-state index in [9.17, 15) is 9.59 Å². The number of nitrogens with zero attached hydrogens (tertiary/aromatic N) is 4. The minimum Gasteiger partial charge on any atom is -0.450 e. The SMILES string of the molecule is Cc1cccc(CN2C(=O)C3(c4ccccc42)c2c(oc4cc(C)c(C)cc4c2=O)C(=O)N3c2nnc(SCc3ccccc3)s2)c1. The van der Waals surface area contributed by atoms with E-state index in [-0.39, 0.29) is 23.0 Å². The van der Waals surface area contributed by atoms with Gasteiger partial charge in [-0.1, -0.05) is 101 Å². The lowest BCUT2D eigenvalue weighted by molar-refractivity contribution is -0.121. The summed E-state index contributed by atoms with van der Waals surface area (Å²) < 4.78 is 6.94. The van der Waals surface area contributed by atoms with E-state index in [4.69, 9.17) is 4.42 Å². The van der Waals surface area contributed by atoms with Crippen LogP contribution in [0.15, 0.2) is 105 Å². The molecular weight excluding hydrogens is 629 g/mol. The van der Waals surface area contributed by atoms with Crippen LogP contribution in [-0.2, 0) is 22.6 Å². The van der Waals surface area contributed by atoms with Crippen LogP contribution in [0.3, 0.4) is 0 Å². The number of aryl methyl sites for hydroxylation is 3. The molecule has 0 fully saturated rings. The fourth-order valence-electron chi connectivity index (χ4n) is 6.64. The lowest BCUT2D eigenvalue weighted by Gasteiger charge is -2.32. The van der Waals surface area contributed by atoms with E-state index >= 15 is 4.79 Å². The van der Waals surface area contributed by atoms with Gasteiger partial charge in [-0.3, -0.25) is 19.3 Å². The van der Waals surface area contributed by atoms with Crippen molar-refractivity contribution in [3.05, 3.63) is 146 Å². The number of thioether (sulfide) groups is 1. The summed E-state index contributed by atoms with van der Waals surface area (Å²) in [5, 5.41) is 9.40. The minimum atomic E-state index is -1.83. The third kappa shape index (κ3) is 4.46. The summed E-state index contributed by atoms with van der Waals surface area (Å²) in [6, 6.07) is 28.8. The van der Waals surface area contributed by atoms with Gasteiger partial charge in [-0.25, -0.2) is 0 Å². The molecule has 1 unspecified atom stereocenters. The number of anilines is 2. The van der Waals surface area contributed by atoms with Crippen molar-refractivity contribution in [1.29, 1.82) is 0 Å². The van der Waals surface area contributed by atoms with Crippen LogP contribution in [0.5, 0.6) is 0 Å². The van der Waals surface area contributed by atoms with Crippen molar-refractivity contribution in [2.24, 2.45) is 0 Å². The zero-order valence-corrected chi connectivity index (χ0v) is 27.4. The number of carbonyl (C=O) groups is 2. The van der Waals surface area contributed by atoms with Gasteiger partial charge < -0.3 is 9.32 Å². The molecule has 4 aromatic carbocycles. The fraction of sp³-hybridized carbons (Fsp3) is 0.162. The average molecular weight is 657 g/mol. The van der Waals surface area contributed by atoms with E-state index in [1.54, 1.807) is 17.0 Å². The summed E-state index contributed by atoms with van der Waals surface area (Å²) in [7, 11) is 0. The number of carbonyl (C=O) groups excluding carboxylic acids is 2. The van der Waals surface area contributed by atoms with Gasteiger partial charge in [-0.05, 0) is 61.2 Å². The molecule has 0 saturated heterocycles. The number of hydrogen-bond acceptors (Lipinski definition) is 8. The summed E-state index contributed by atoms with van der Waals surface area (Å²) in [4.78, 5) is 47.5. The van der Waals surface area contributed by atoms with Gasteiger partial charge in [-0.15, -0.1) is 10.2 Å². The first-order valence-electron chi connectivity index (χ1n) is 15.2. The second-order valence-corrected chi connectivity index (χ2v) is 14.1. The number of fused-ring (bicyclic) bond motifs is 5. The summed E-state index contributed by atoms with van der Waals surface area (Å²) >= 11 is 2.71. The van der Waals surface area contributed by atoms with Crippen molar-refractivity contribution in [3.63, 3.8) is 0 Å². The van der Waals surface area contributed by atoms with Gasteiger partial charge in [0.2, 0.25) is 10.9 Å². The molecule has 0 N–H and O–H groups in total. The van der Waals surface area contributed by atoms with Gasteiger partial charge in [0, 0.05) is 11.3 Å². The van der Waals surface area contributed by atoms with Crippen molar-refractivity contribution in [2.75, 3.05) is 9.80 Å². The molecule has 2 amide bonds. The molecule has 2 aromatic heterocycles. The van der Waals surface area contributed by atoms with Crippen molar-refractivity contribution >= 4 is 56.7 Å². The predicted molar refractivity (Wildman–Crippen MR) is 184 cm³/mol. The van der Waals surface area contributed by atoms with E-state index < -0.39 is 22.8 Å². The van der Waals surface area contributed by atoms with Crippen molar-refractivity contribution in [1.82, 2.24) is 10.2 Å². The molecule has 4 heterocycles. The highest BCUT2D eigenvalue weighted by atomic mass is 32.2. The normalized spacial score (nSPS) is 16.8. The lowest BCUT2D eigenvalue weighted by Crippen LogP contribution is -2.53. The highest BCUT2D eigenvalue weighted by Crippen LogP contribution is 2.55. The molecule has 6 aromatic rings. The molecule has 10 heteroatoms. The van der Waals surface area contributed by atoms with E-state index in [1.807, 2.05) is 99.6 Å². The van der Waals surface area contributed by atoms with Crippen LogP contribution in [0.4, 0.5) is 10.8 Å². The summed E-state index contributed by atoms with van der Waals surface area (Å²) in [6.07, 6.45) is 0. The van der Waals surface area contributed by atoms with Gasteiger partial charge in [0.15, 0.2) is 15.3 Å². The molecule has 232 valence electrons. The molecule has 0 radical (unpaired) electrons. The van der Waals surface area contributed by atoms with Gasteiger partial charge in [0.25, 0.3) is 11.8 Å². The number of benzene rings is 4. The third-order valence-electron chi connectivity index (χ3n) is 8.96. The summed E-state index contributed by atoms with van der Waals surface area (Å²) in [5.74, 6) is -0.518. The molecule has 8 rings (SSSR count). The van der Waals surface area contributed by atoms with Crippen molar-refractivity contribution < 1.29 is 14.0 Å². The summed E-state index contributed by atoms with van der Waals surface area (Å²) in [6.45, 7) is 6.10. The Bertz CT molecular complexity index is 2320. The second-order valence-electron chi connectivity index (χ2n) is 11.9. The largest absolute Gasteiger partial charge is 0.450 e. The molecule has 0 saturated carbocycles. The van der Waals surface area contributed by atoms with E-state index in [2.05, 4.69) is 10.2 Å². The maximum Gasteiger partial charge on any atom is 0.297 e. The Morgan fingerprint density at radius 1 is 0.830 bits per heavy atom. The first kappa shape index (κ1) is 29.3. The zero-order chi connectivity index (χ0) is 32.4. The molecular formula is C37H28N4O4S2. The Balaban J connectivity index is 1.34. The Morgan fingerprint density at radius 2 is 1.57 bits per heavy atom. The first-order valence-corrected chi connectivity index (χ1v) is 17.0. The van der Waals surface area contributed by atoms with E-state index in [0.717, 1.165) is 27.8 Å². The summed E-state index contributed by atoms with van der Waals surface area (Å²) in [5.41, 5.74) is 4.14. The molecule has 2 aliphatic rings. The van der Waals surface area contributed by atoms with Crippen LogP contribution in [0.1, 0.15) is 49.5 Å². The molecule has 8 nitrogen and oxygen atoms in total. The average Bonchev–Trinajstić information content (AvgIpc) is 3.71. The highest BCUT2D eigenvalue weighted by molar-refractivity contribution is 8.00. The first-order chi connectivity index (χ1) is 22.8. The number of amides is 2. The molecule has 0 aliphatic carbocycles. The van der Waals surface area contributed by atoms with Crippen LogP contribution in [0.2, 0.25) is 0 Å². The monoisotopic (exact) mass is 656 g/mol. The number of rotatable bonds is 6. The second kappa shape index (κ2) is 11.0. The quantitative estimate of drug-likeness (QED) is 0.137. The standard InChI is InChI=1S/C37H28N4O4S2/c1-21-10-9-13-25(16-21)19-40-28-15-8-7-14-27(28)37(34(40)44)30-31(42)26-17-22(2)23(3)18-29(26)45-32(30)33(43)41(37)35-38-39-36(47-35)46-20-24-11-5-4-6-12-24/h4-18H,19-20H2,1-3H3. The number of aromatic nitrogens is 2. The van der Waals surface area contributed by atoms with Gasteiger partial charge in [-0.2, -0.15) is 0 Å². The maximum atomic E-state index is 15.2. The molecule has 47 heavy (non-hydrogen) atoms. The Labute approximate surface area is 278 Å². The highest BCUT2D eigenvalue weighted by Gasteiger charge is 2.66. The van der Waals surface area contributed by atoms with Gasteiger partial charge >= 0.3 is 0 Å². The van der Waals surface area contributed by atoms with Crippen LogP contribution in [0, 0.1) is 20.8 Å². The predicted octanol–water partition coefficient (Wildman–Crippen LogP) is 7.31. The molecule has 1 atom stereocenters. The topological polar surface area (TPSA) is 96.6 Å². The van der Waals surface area contributed by atoms with Crippen LogP contribution < -0.4 is 15.2 Å². The number of hydrogen-bond donors (Lipinski definition) is 0. The fourth-order valence-corrected chi connectivity index (χ4v) is 8.49. The van der Waals surface area contributed by atoms with Crippen LogP contribution in [-0.4, -0.2) is 22.0 Å². The lowest BCUT2D eigenvalue weighted by atomic mass is 9.84. The Morgan fingerprint density at radius 3 is 2.38 bits per heavy atom. The molecule has 2 aliphatic heterocycles. The van der Waals surface area contributed by atoms with E-state index in [1.165, 1.54) is 28.0 Å². The minimum absolute atomic E-state index is 0.0103. The Kier molecular flexibility index (Phi) is 6.89. The maximum absolute atomic E-state index is 15.2. The number of para-hydroxylation sites is 1. The van der Waals surface area contributed by atoms with Crippen molar-refractivity contribution in [2.45, 2.75) is 42.9 Å². The molecule has 0 bridgehead atoms. The van der Waals surface area contributed by atoms with Crippen LogP contribution in [0.25, 0.3) is 11.0 Å². The third-order valence-corrected chi connectivity index (χ3v) is 11.1. The van der Waals surface area contributed by atoms with E-state index in [0.29, 0.717) is 32.3 Å². The van der Waals surface area contributed by atoms with Crippen LogP contribution >= 0.6 is 23.1 Å². The smallest absolute Gasteiger partial charge is 0.297 e. The van der Waals surface area contributed by atoms with Gasteiger partial charge in [0.1, 0.15) is 5.58 Å². The van der Waals surface area contributed by atoms with Gasteiger partial charge in [0.05, 0.1) is 23.2 Å². The zero-order valence-electron chi connectivity index (χ0n) is 25.8. The Hall–Kier alpha value is -5.06. The van der Waals surface area contributed by atoms with Crippen molar-refractivity contribution in [3.8, 4) is 0 Å². The molecule has 1 spiro atoms.